The van der Waals surface area contributed by atoms with Crippen molar-refractivity contribution < 1.29 is 4.79 Å². The maximum absolute atomic E-state index is 12.2. The molecule has 1 aliphatic carbocycles. The van der Waals surface area contributed by atoms with E-state index in [1.807, 2.05) is 18.2 Å². The smallest absolute Gasteiger partial charge is 0.213 e. The molecule has 0 amide bonds. The van der Waals surface area contributed by atoms with Crippen molar-refractivity contribution in [3.63, 3.8) is 0 Å². The average molecular weight is 251 g/mol. The number of ketones is 1. The second-order valence-electron chi connectivity index (χ2n) is 4.75. The lowest BCUT2D eigenvalue weighted by Gasteiger charge is -2.05. The molecule has 2 aromatic rings. The fourth-order valence-corrected chi connectivity index (χ4v) is 2.54. The number of nitriles is 1. The summed E-state index contributed by atoms with van der Waals surface area (Å²) in [5, 5.41) is 8.87. The van der Waals surface area contributed by atoms with Gasteiger partial charge in [-0.05, 0) is 36.5 Å². The van der Waals surface area contributed by atoms with E-state index in [1.54, 1.807) is 10.8 Å². The van der Waals surface area contributed by atoms with E-state index in [2.05, 4.69) is 11.1 Å². The largest absolute Gasteiger partial charge is 0.315 e. The minimum absolute atomic E-state index is 0.0178. The molecular weight excluding hydrogens is 238 g/mol. The Bertz CT molecular complexity index is 679. The van der Waals surface area contributed by atoms with Gasteiger partial charge >= 0.3 is 0 Å². The van der Waals surface area contributed by atoms with Crippen LogP contribution in [0.4, 0.5) is 0 Å². The molecule has 0 N–H and O–H groups in total. The molecule has 0 unspecified atom stereocenters. The zero-order chi connectivity index (χ0) is 13.2. The topological polar surface area (TPSA) is 58.7 Å². The van der Waals surface area contributed by atoms with Crippen LogP contribution in [-0.4, -0.2) is 15.3 Å². The van der Waals surface area contributed by atoms with Crippen molar-refractivity contribution in [1.29, 1.82) is 5.26 Å². The van der Waals surface area contributed by atoms with Gasteiger partial charge in [0.2, 0.25) is 5.82 Å². The van der Waals surface area contributed by atoms with Gasteiger partial charge in [-0.15, -0.1) is 0 Å². The van der Waals surface area contributed by atoms with Crippen LogP contribution >= 0.6 is 0 Å². The number of carbonyl (C=O) groups excluding carboxylic acids is 1. The molecule has 1 heterocycles. The summed E-state index contributed by atoms with van der Waals surface area (Å²) in [6.07, 6.45) is 6.54. The zero-order valence-corrected chi connectivity index (χ0v) is 10.5. The van der Waals surface area contributed by atoms with E-state index in [0.717, 1.165) is 18.4 Å². The molecule has 0 aliphatic heterocycles. The Kier molecular flexibility index (Phi) is 2.88. The van der Waals surface area contributed by atoms with Gasteiger partial charge in [-0.25, -0.2) is 4.98 Å². The first kappa shape index (κ1) is 11.7. The first-order chi connectivity index (χ1) is 9.28. The van der Waals surface area contributed by atoms with Crippen LogP contribution in [0.15, 0.2) is 30.6 Å². The van der Waals surface area contributed by atoms with Crippen molar-refractivity contribution >= 4 is 5.78 Å². The summed E-state index contributed by atoms with van der Waals surface area (Å²) in [5.41, 5.74) is 3.37. The lowest BCUT2D eigenvalue weighted by molar-refractivity contribution is 0.0971. The zero-order valence-electron chi connectivity index (χ0n) is 10.5. The van der Waals surface area contributed by atoms with Gasteiger partial charge < -0.3 is 4.57 Å². The van der Waals surface area contributed by atoms with Crippen molar-refractivity contribution in [2.75, 3.05) is 0 Å². The number of hydrogen-bond acceptors (Lipinski definition) is 3. The number of rotatable bonds is 3. The number of carbonyl (C=O) groups is 1. The lowest BCUT2D eigenvalue weighted by Crippen LogP contribution is -2.11. The fourth-order valence-electron chi connectivity index (χ4n) is 2.54. The van der Waals surface area contributed by atoms with E-state index in [-0.39, 0.29) is 18.2 Å². The summed E-state index contributed by atoms with van der Waals surface area (Å²) in [4.78, 5) is 16.1. The standard InChI is InChI=1S/C15H13N3O/c16-9-15-17-6-7-18(15)10-14(19)13-5-4-11-2-1-3-12(11)8-13/h4-8H,1-3,10H2. The van der Waals surface area contributed by atoms with Crippen LogP contribution < -0.4 is 0 Å². The van der Waals surface area contributed by atoms with Crippen molar-refractivity contribution in [3.05, 3.63) is 53.1 Å². The molecule has 4 nitrogen and oxygen atoms in total. The van der Waals surface area contributed by atoms with Crippen LogP contribution in [0.2, 0.25) is 0 Å². The molecule has 0 saturated carbocycles. The second-order valence-corrected chi connectivity index (χ2v) is 4.75. The summed E-state index contributed by atoms with van der Waals surface area (Å²) >= 11 is 0. The number of Topliss-reactive ketones (excluding diaryl/α,β-unsaturated/α-hetero) is 1. The van der Waals surface area contributed by atoms with Crippen LogP contribution in [0.1, 0.15) is 33.7 Å². The van der Waals surface area contributed by atoms with E-state index in [9.17, 15) is 4.79 Å². The molecule has 0 fully saturated rings. The Morgan fingerprint density at radius 3 is 3.05 bits per heavy atom. The number of hydrogen-bond donors (Lipinski definition) is 0. The van der Waals surface area contributed by atoms with Crippen LogP contribution in [0, 0.1) is 11.3 Å². The summed E-state index contributed by atoms with van der Waals surface area (Å²) < 4.78 is 1.58. The summed E-state index contributed by atoms with van der Waals surface area (Å²) in [5.74, 6) is 0.290. The summed E-state index contributed by atoms with van der Waals surface area (Å²) in [6, 6.07) is 7.90. The van der Waals surface area contributed by atoms with Gasteiger partial charge in [0.15, 0.2) is 5.78 Å². The average Bonchev–Trinajstić information content (AvgIpc) is 3.05. The van der Waals surface area contributed by atoms with Crippen LogP contribution in [0.5, 0.6) is 0 Å². The maximum Gasteiger partial charge on any atom is 0.213 e. The Morgan fingerprint density at radius 2 is 2.21 bits per heavy atom. The van der Waals surface area contributed by atoms with Gasteiger partial charge in [-0.2, -0.15) is 5.26 Å². The van der Waals surface area contributed by atoms with Gasteiger partial charge in [0, 0.05) is 18.0 Å². The number of aromatic nitrogens is 2. The van der Waals surface area contributed by atoms with E-state index in [0.29, 0.717) is 0 Å². The van der Waals surface area contributed by atoms with E-state index >= 15 is 0 Å². The molecule has 1 aliphatic rings. The first-order valence-electron chi connectivity index (χ1n) is 6.34. The van der Waals surface area contributed by atoms with Crippen LogP contribution in [0.25, 0.3) is 0 Å². The number of aryl methyl sites for hydroxylation is 2. The Morgan fingerprint density at radius 1 is 1.37 bits per heavy atom. The molecule has 19 heavy (non-hydrogen) atoms. The van der Waals surface area contributed by atoms with E-state index in [1.165, 1.54) is 23.7 Å². The third-order valence-corrected chi connectivity index (χ3v) is 3.55. The van der Waals surface area contributed by atoms with Gasteiger partial charge in [0.05, 0.1) is 6.54 Å². The highest BCUT2D eigenvalue weighted by Crippen LogP contribution is 2.23. The first-order valence-corrected chi connectivity index (χ1v) is 6.34. The van der Waals surface area contributed by atoms with Crippen molar-refractivity contribution in [3.8, 4) is 6.07 Å². The van der Waals surface area contributed by atoms with Crippen molar-refractivity contribution in [2.24, 2.45) is 0 Å². The van der Waals surface area contributed by atoms with Gasteiger partial charge in [-0.3, -0.25) is 4.79 Å². The monoisotopic (exact) mass is 251 g/mol. The SMILES string of the molecule is N#Cc1nccn1CC(=O)c1ccc2c(c1)CCC2. The molecule has 3 rings (SSSR count). The fraction of sp³-hybridized carbons (Fsp3) is 0.267. The molecule has 0 atom stereocenters. The van der Waals surface area contributed by atoms with Gasteiger partial charge in [0.1, 0.15) is 6.07 Å². The highest BCUT2D eigenvalue weighted by Gasteiger charge is 2.15. The highest BCUT2D eigenvalue weighted by atomic mass is 16.1. The van der Waals surface area contributed by atoms with Gasteiger partial charge in [-0.1, -0.05) is 12.1 Å². The van der Waals surface area contributed by atoms with Crippen LogP contribution in [0.3, 0.4) is 0 Å². The number of benzene rings is 1. The minimum Gasteiger partial charge on any atom is -0.315 e. The highest BCUT2D eigenvalue weighted by molar-refractivity contribution is 5.96. The third-order valence-electron chi connectivity index (χ3n) is 3.55. The van der Waals surface area contributed by atoms with Gasteiger partial charge in [0.25, 0.3) is 0 Å². The lowest BCUT2D eigenvalue weighted by atomic mass is 10.0. The Hall–Kier alpha value is -2.41. The van der Waals surface area contributed by atoms with E-state index in [4.69, 9.17) is 5.26 Å². The number of fused-ring (bicyclic) bond motifs is 1. The Labute approximate surface area is 111 Å². The molecular formula is C15H13N3O. The predicted octanol–water partition coefficient (Wildman–Crippen LogP) is 2.13. The minimum atomic E-state index is 0.0178. The molecule has 4 heteroatoms. The molecule has 0 spiro atoms. The van der Waals surface area contributed by atoms with Crippen molar-refractivity contribution in [2.45, 2.75) is 25.8 Å². The number of nitrogens with zero attached hydrogens (tertiary/aromatic N) is 3. The predicted molar refractivity (Wildman–Crippen MR) is 69.7 cm³/mol. The van der Waals surface area contributed by atoms with Crippen LogP contribution in [-0.2, 0) is 19.4 Å². The van der Waals surface area contributed by atoms with E-state index < -0.39 is 0 Å². The summed E-state index contributed by atoms with van der Waals surface area (Å²) in [6.45, 7) is 0.168. The molecule has 0 bridgehead atoms. The normalized spacial score (nSPS) is 13.0. The van der Waals surface area contributed by atoms with Crippen molar-refractivity contribution in [1.82, 2.24) is 9.55 Å². The molecule has 1 aromatic carbocycles. The molecule has 0 saturated heterocycles. The summed E-state index contributed by atoms with van der Waals surface area (Å²) in [7, 11) is 0. The molecule has 0 radical (unpaired) electrons. The molecule has 1 aromatic heterocycles. The maximum atomic E-state index is 12.2. The third kappa shape index (κ3) is 2.15. The number of imidazole rings is 1. The Balaban J connectivity index is 1.83. The second kappa shape index (κ2) is 4.69. The molecule has 94 valence electrons. The quantitative estimate of drug-likeness (QED) is 0.785.